The maximum Gasteiger partial charge on any atom is 0.332 e. The van der Waals surface area contributed by atoms with Gasteiger partial charge in [0.2, 0.25) is 5.91 Å². The van der Waals surface area contributed by atoms with Crippen molar-refractivity contribution in [2.75, 3.05) is 26.6 Å². The fourth-order valence-corrected chi connectivity index (χ4v) is 4.45. The first kappa shape index (κ1) is 23.1. The first-order chi connectivity index (χ1) is 16.4. The number of nitrogens with zero attached hydrogens (tertiary/aromatic N) is 2. The molecule has 1 N–H and O–H groups in total. The van der Waals surface area contributed by atoms with Crippen LogP contribution in [0.1, 0.15) is 5.56 Å². The number of benzene rings is 2. The van der Waals surface area contributed by atoms with Gasteiger partial charge in [0.1, 0.15) is 28.5 Å². The first-order valence-corrected chi connectivity index (χ1v) is 11.2. The third kappa shape index (κ3) is 4.67. The van der Waals surface area contributed by atoms with E-state index in [2.05, 4.69) is 5.32 Å². The van der Waals surface area contributed by atoms with E-state index in [1.165, 1.54) is 30.1 Å². The van der Waals surface area contributed by atoms with Gasteiger partial charge in [-0.2, -0.15) is 0 Å². The molecule has 2 aromatic carbocycles. The lowest BCUT2D eigenvalue weighted by atomic mass is 10.2. The van der Waals surface area contributed by atoms with Crippen molar-refractivity contribution < 1.29 is 19.0 Å². The van der Waals surface area contributed by atoms with Crippen LogP contribution in [0.15, 0.2) is 63.5 Å². The molecule has 0 saturated carbocycles. The number of ether oxygens (including phenoxy) is 3. The smallest absolute Gasteiger partial charge is 0.332 e. The molecule has 9 nitrogen and oxygen atoms in total. The standard InChI is InChI=1S/C24H23N3O6S/c1-31-17-6-4-5-15(9-17)13-27-23(29)22-20(7-8-34-22)26(24(27)30)14-21(28)25-16-10-18(32-2)12-19(11-16)33-3/h4-12H,13-14H2,1-3H3,(H,25,28). The molecule has 0 aliphatic rings. The summed E-state index contributed by atoms with van der Waals surface area (Å²) in [5.74, 6) is 1.21. The third-order valence-corrected chi connectivity index (χ3v) is 6.14. The number of hydrogen-bond donors (Lipinski definition) is 1. The highest BCUT2D eigenvalue weighted by Gasteiger charge is 2.17. The molecule has 10 heteroatoms. The van der Waals surface area contributed by atoms with Gasteiger partial charge in [0.05, 0.1) is 33.4 Å². The van der Waals surface area contributed by atoms with Gasteiger partial charge in [0, 0.05) is 23.9 Å². The van der Waals surface area contributed by atoms with Crippen molar-refractivity contribution in [3.05, 3.63) is 80.3 Å². The molecular weight excluding hydrogens is 458 g/mol. The second kappa shape index (κ2) is 9.84. The van der Waals surface area contributed by atoms with Crippen LogP contribution in [0.2, 0.25) is 0 Å². The van der Waals surface area contributed by atoms with Gasteiger partial charge in [0.25, 0.3) is 5.56 Å². The van der Waals surface area contributed by atoms with Crippen LogP contribution in [0.3, 0.4) is 0 Å². The molecule has 4 aromatic rings. The molecule has 0 spiro atoms. The number of amides is 1. The Labute approximate surface area is 198 Å². The Balaban J connectivity index is 1.69. The second-order valence-electron chi connectivity index (χ2n) is 7.40. The molecule has 0 saturated heterocycles. The summed E-state index contributed by atoms with van der Waals surface area (Å²) in [5.41, 5.74) is 0.638. The minimum atomic E-state index is -0.572. The van der Waals surface area contributed by atoms with Crippen LogP contribution in [-0.4, -0.2) is 36.4 Å². The summed E-state index contributed by atoms with van der Waals surface area (Å²) in [6.45, 7) is -0.221. The monoisotopic (exact) mass is 481 g/mol. The minimum absolute atomic E-state index is 0.0530. The maximum absolute atomic E-state index is 13.3. The normalized spacial score (nSPS) is 10.8. The van der Waals surface area contributed by atoms with Crippen LogP contribution < -0.4 is 30.8 Å². The molecule has 1 amide bonds. The lowest BCUT2D eigenvalue weighted by molar-refractivity contribution is -0.116. The number of fused-ring (bicyclic) bond motifs is 1. The van der Waals surface area contributed by atoms with Crippen molar-refractivity contribution >= 4 is 33.1 Å². The summed E-state index contributed by atoms with van der Waals surface area (Å²) >= 11 is 1.23. The molecule has 0 fully saturated rings. The number of aromatic nitrogens is 2. The Morgan fingerprint density at radius 3 is 2.29 bits per heavy atom. The highest BCUT2D eigenvalue weighted by Crippen LogP contribution is 2.26. The van der Waals surface area contributed by atoms with Crippen LogP contribution >= 0.6 is 11.3 Å². The van der Waals surface area contributed by atoms with E-state index >= 15 is 0 Å². The van der Waals surface area contributed by atoms with Crippen molar-refractivity contribution in [2.45, 2.75) is 13.1 Å². The van der Waals surface area contributed by atoms with Gasteiger partial charge in [-0.25, -0.2) is 4.79 Å². The summed E-state index contributed by atoms with van der Waals surface area (Å²) in [6, 6.07) is 13.8. The van der Waals surface area contributed by atoms with Crippen molar-refractivity contribution in [1.29, 1.82) is 0 Å². The van der Waals surface area contributed by atoms with Gasteiger partial charge in [-0.3, -0.25) is 18.7 Å². The Morgan fingerprint density at radius 1 is 0.912 bits per heavy atom. The zero-order chi connectivity index (χ0) is 24.2. The minimum Gasteiger partial charge on any atom is -0.497 e. The van der Waals surface area contributed by atoms with Crippen LogP contribution in [0.5, 0.6) is 17.2 Å². The van der Waals surface area contributed by atoms with E-state index in [-0.39, 0.29) is 13.1 Å². The number of carbonyl (C=O) groups is 1. The summed E-state index contributed by atoms with van der Waals surface area (Å²) < 4.78 is 18.5. The van der Waals surface area contributed by atoms with Crippen LogP contribution in [-0.2, 0) is 17.9 Å². The number of nitrogens with one attached hydrogen (secondary N) is 1. The topological polar surface area (TPSA) is 101 Å². The molecule has 0 unspecified atom stereocenters. The molecule has 176 valence electrons. The zero-order valence-electron chi connectivity index (χ0n) is 18.9. The van der Waals surface area contributed by atoms with Gasteiger partial charge in [-0.15, -0.1) is 11.3 Å². The number of thiophene rings is 1. The lowest BCUT2D eigenvalue weighted by Crippen LogP contribution is -2.41. The summed E-state index contributed by atoms with van der Waals surface area (Å²) in [6.07, 6.45) is 0. The quantitative estimate of drug-likeness (QED) is 0.415. The molecule has 2 aromatic heterocycles. The van der Waals surface area contributed by atoms with E-state index in [9.17, 15) is 14.4 Å². The van der Waals surface area contributed by atoms with Crippen molar-refractivity contribution in [3.8, 4) is 17.2 Å². The van der Waals surface area contributed by atoms with Crippen molar-refractivity contribution in [3.63, 3.8) is 0 Å². The molecule has 0 radical (unpaired) electrons. The van der Waals surface area contributed by atoms with Crippen molar-refractivity contribution in [1.82, 2.24) is 9.13 Å². The summed E-state index contributed by atoms with van der Waals surface area (Å²) in [5, 5.41) is 4.49. The summed E-state index contributed by atoms with van der Waals surface area (Å²) in [4.78, 5) is 39.3. The Kier molecular flexibility index (Phi) is 6.69. The number of hydrogen-bond acceptors (Lipinski definition) is 7. The molecule has 34 heavy (non-hydrogen) atoms. The number of methoxy groups -OCH3 is 3. The largest absolute Gasteiger partial charge is 0.497 e. The predicted octanol–water partition coefficient (Wildman–Crippen LogP) is 2.94. The van der Waals surface area contributed by atoms with Gasteiger partial charge < -0.3 is 19.5 Å². The molecule has 0 aliphatic carbocycles. The van der Waals surface area contributed by atoms with Crippen LogP contribution in [0.4, 0.5) is 5.69 Å². The highest BCUT2D eigenvalue weighted by molar-refractivity contribution is 7.17. The van der Waals surface area contributed by atoms with Gasteiger partial charge in [-0.05, 0) is 29.1 Å². The van der Waals surface area contributed by atoms with Crippen molar-refractivity contribution in [2.24, 2.45) is 0 Å². The predicted molar refractivity (Wildman–Crippen MR) is 131 cm³/mol. The van der Waals surface area contributed by atoms with E-state index in [0.717, 1.165) is 10.1 Å². The molecular formula is C24H23N3O6S. The average molecular weight is 482 g/mol. The van der Waals surface area contributed by atoms with Gasteiger partial charge >= 0.3 is 5.69 Å². The van der Waals surface area contributed by atoms with E-state index < -0.39 is 17.2 Å². The highest BCUT2D eigenvalue weighted by atomic mass is 32.1. The van der Waals surface area contributed by atoms with E-state index in [4.69, 9.17) is 14.2 Å². The second-order valence-corrected chi connectivity index (χ2v) is 8.31. The Bertz CT molecular complexity index is 1450. The maximum atomic E-state index is 13.3. The SMILES string of the molecule is COc1cccc(Cn2c(=O)c3sccc3n(CC(=O)Nc3cc(OC)cc(OC)c3)c2=O)c1. The summed E-state index contributed by atoms with van der Waals surface area (Å²) in [7, 11) is 4.57. The van der Waals surface area contributed by atoms with Crippen LogP contribution in [0.25, 0.3) is 10.2 Å². The average Bonchev–Trinajstić information content (AvgIpc) is 3.34. The van der Waals surface area contributed by atoms with Crippen LogP contribution in [0, 0.1) is 0 Å². The zero-order valence-corrected chi connectivity index (χ0v) is 19.7. The number of anilines is 1. The molecule has 4 rings (SSSR count). The van der Waals surface area contributed by atoms with E-state index in [0.29, 0.717) is 33.2 Å². The molecule has 0 atom stereocenters. The number of carbonyl (C=O) groups excluding carboxylic acids is 1. The first-order valence-electron chi connectivity index (χ1n) is 10.3. The fraction of sp³-hybridized carbons (Fsp3) is 0.208. The molecule has 0 bridgehead atoms. The fourth-order valence-electron chi connectivity index (χ4n) is 3.60. The number of rotatable bonds is 8. The van der Waals surface area contributed by atoms with E-state index in [1.807, 2.05) is 0 Å². The third-order valence-electron chi connectivity index (χ3n) is 5.25. The van der Waals surface area contributed by atoms with Gasteiger partial charge in [0.15, 0.2) is 0 Å². The van der Waals surface area contributed by atoms with E-state index in [1.54, 1.807) is 61.0 Å². The molecule has 0 aliphatic heterocycles. The lowest BCUT2D eigenvalue weighted by Gasteiger charge is -2.14. The Morgan fingerprint density at radius 2 is 1.62 bits per heavy atom. The Hall–Kier alpha value is -4.05. The van der Waals surface area contributed by atoms with Gasteiger partial charge in [-0.1, -0.05) is 12.1 Å². The molecule has 2 heterocycles.